The van der Waals surface area contributed by atoms with Gasteiger partial charge in [-0.05, 0) is 37.5 Å². The van der Waals surface area contributed by atoms with E-state index in [0.717, 1.165) is 10.6 Å². The third-order valence-corrected chi connectivity index (χ3v) is 5.12. The molecule has 0 bridgehead atoms. The lowest BCUT2D eigenvalue weighted by Crippen LogP contribution is -2.45. The smallest absolute Gasteiger partial charge is 0.273 e. The first kappa shape index (κ1) is 15.5. The van der Waals surface area contributed by atoms with E-state index < -0.39 is 5.60 Å². The van der Waals surface area contributed by atoms with Gasteiger partial charge in [0.25, 0.3) is 5.91 Å². The van der Waals surface area contributed by atoms with Crippen molar-refractivity contribution in [1.82, 2.24) is 9.88 Å². The van der Waals surface area contributed by atoms with E-state index in [9.17, 15) is 9.90 Å². The number of aromatic nitrogens is 1. The summed E-state index contributed by atoms with van der Waals surface area (Å²) in [5.41, 5.74) is 0.465. The number of carbonyl (C=O) groups is 1. The number of halogens is 1. The van der Waals surface area contributed by atoms with Gasteiger partial charge in [-0.15, -0.1) is 11.3 Å². The maximum atomic E-state index is 12.4. The average Bonchev–Trinajstić information content (AvgIpc) is 2.94. The summed E-state index contributed by atoms with van der Waals surface area (Å²) in [4.78, 5) is 18.4. The van der Waals surface area contributed by atoms with Crippen molar-refractivity contribution in [3.05, 3.63) is 50.9 Å². The van der Waals surface area contributed by atoms with E-state index in [4.69, 9.17) is 11.6 Å². The Morgan fingerprint density at radius 1 is 1.32 bits per heavy atom. The van der Waals surface area contributed by atoms with Gasteiger partial charge in [-0.3, -0.25) is 4.79 Å². The van der Waals surface area contributed by atoms with Gasteiger partial charge in [0.05, 0.1) is 10.6 Å². The third-order valence-electron chi connectivity index (χ3n) is 4.10. The van der Waals surface area contributed by atoms with Crippen LogP contribution in [0.4, 0.5) is 0 Å². The molecule has 0 spiro atoms. The lowest BCUT2D eigenvalue weighted by molar-refractivity contribution is -0.0212. The predicted octanol–water partition coefficient (Wildman–Crippen LogP) is 3.23. The first-order valence-electron chi connectivity index (χ1n) is 7.18. The van der Waals surface area contributed by atoms with Gasteiger partial charge in [0.2, 0.25) is 0 Å². The number of hydrogen-bond acceptors (Lipinski definition) is 4. The number of nitrogens with zero attached hydrogens (tertiary/aromatic N) is 2. The van der Waals surface area contributed by atoms with Crippen LogP contribution in [0.5, 0.6) is 0 Å². The molecule has 4 nitrogen and oxygen atoms in total. The molecule has 1 saturated heterocycles. The van der Waals surface area contributed by atoms with Crippen LogP contribution in [0.2, 0.25) is 5.02 Å². The van der Waals surface area contributed by atoms with Gasteiger partial charge in [0.1, 0.15) is 5.69 Å². The Morgan fingerprint density at radius 3 is 2.50 bits per heavy atom. The molecule has 0 atom stereocenters. The number of likely N-dealkylation sites (tertiary alicyclic amines) is 1. The second kappa shape index (κ2) is 5.99. The van der Waals surface area contributed by atoms with Crippen LogP contribution in [0.15, 0.2) is 29.6 Å². The van der Waals surface area contributed by atoms with E-state index in [2.05, 4.69) is 4.98 Å². The zero-order valence-corrected chi connectivity index (χ0v) is 13.8. The summed E-state index contributed by atoms with van der Waals surface area (Å²) in [6.07, 6.45) is 1.03. The largest absolute Gasteiger partial charge is 0.385 e. The van der Waals surface area contributed by atoms with Gasteiger partial charge in [0, 0.05) is 23.5 Å². The number of rotatable bonds is 2. The molecule has 0 saturated carbocycles. The highest BCUT2D eigenvalue weighted by Gasteiger charge is 2.35. The van der Waals surface area contributed by atoms with Crippen molar-refractivity contribution >= 4 is 28.8 Å². The fourth-order valence-corrected chi connectivity index (χ4v) is 3.46. The third kappa shape index (κ3) is 3.02. The van der Waals surface area contributed by atoms with Gasteiger partial charge in [-0.1, -0.05) is 23.7 Å². The summed E-state index contributed by atoms with van der Waals surface area (Å²) < 4.78 is 0. The SMILES string of the molecule is Cc1nc(C(=O)N2CCC(O)(c3ccc(Cl)cc3)CC2)cs1. The minimum Gasteiger partial charge on any atom is -0.385 e. The Morgan fingerprint density at radius 2 is 1.95 bits per heavy atom. The molecule has 0 unspecified atom stereocenters. The molecule has 116 valence electrons. The second-order valence-electron chi connectivity index (χ2n) is 5.58. The van der Waals surface area contributed by atoms with Gasteiger partial charge < -0.3 is 10.0 Å². The molecule has 0 aliphatic carbocycles. The number of amides is 1. The molecule has 1 aliphatic rings. The second-order valence-corrected chi connectivity index (χ2v) is 7.08. The Bertz CT molecular complexity index is 676. The summed E-state index contributed by atoms with van der Waals surface area (Å²) in [5.74, 6) is -0.0532. The quantitative estimate of drug-likeness (QED) is 0.916. The molecule has 1 amide bonds. The van der Waals surface area contributed by atoms with Crippen molar-refractivity contribution in [3.8, 4) is 0 Å². The molecule has 6 heteroatoms. The van der Waals surface area contributed by atoms with E-state index >= 15 is 0 Å². The van der Waals surface area contributed by atoms with E-state index in [1.807, 2.05) is 19.1 Å². The fraction of sp³-hybridized carbons (Fsp3) is 0.375. The molecule has 2 aromatic rings. The molecule has 1 fully saturated rings. The van der Waals surface area contributed by atoms with Crippen molar-refractivity contribution in [2.75, 3.05) is 13.1 Å². The van der Waals surface area contributed by atoms with E-state index in [1.54, 1.807) is 22.4 Å². The highest BCUT2D eigenvalue weighted by atomic mass is 35.5. The summed E-state index contributed by atoms with van der Waals surface area (Å²) >= 11 is 7.36. The zero-order chi connectivity index (χ0) is 15.7. The summed E-state index contributed by atoms with van der Waals surface area (Å²) in [5, 5.41) is 14.1. The molecule has 22 heavy (non-hydrogen) atoms. The van der Waals surface area contributed by atoms with Crippen molar-refractivity contribution < 1.29 is 9.90 Å². The zero-order valence-electron chi connectivity index (χ0n) is 12.3. The summed E-state index contributed by atoms with van der Waals surface area (Å²) in [6, 6.07) is 7.27. The van der Waals surface area contributed by atoms with Crippen molar-refractivity contribution in [2.24, 2.45) is 0 Å². The summed E-state index contributed by atoms with van der Waals surface area (Å²) in [7, 11) is 0. The van der Waals surface area contributed by atoms with Gasteiger partial charge in [0.15, 0.2) is 0 Å². The minimum atomic E-state index is -0.890. The Balaban J connectivity index is 1.69. The number of aryl methyl sites for hydroxylation is 1. The maximum Gasteiger partial charge on any atom is 0.273 e. The molecule has 3 rings (SSSR count). The van der Waals surface area contributed by atoms with Crippen LogP contribution in [0.3, 0.4) is 0 Å². The number of hydrogen-bond donors (Lipinski definition) is 1. The van der Waals surface area contributed by atoms with Gasteiger partial charge in [-0.2, -0.15) is 0 Å². The molecular weight excluding hydrogens is 320 g/mol. The van der Waals surface area contributed by atoms with Crippen LogP contribution >= 0.6 is 22.9 Å². The monoisotopic (exact) mass is 336 g/mol. The van der Waals surface area contributed by atoms with Crippen LogP contribution in [0, 0.1) is 6.92 Å². The van der Waals surface area contributed by atoms with Crippen LogP contribution < -0.4 is 0 Å². The standard InChI is InChI=1S/C16H17ClN2O2S/c1-11-18-14(10-22-11)15(20)19-8-6-16(21,7-9-19)12-2-4-13(17)5-3-12/h2-5,10,21H,6-9H2,1H3. The van der Waals surface area contributed by atoms with E-state index in [1.165, 1.54) is 11.3 Å². The fourth-order valence-electron chi connectivity index (χ4n) is 2.75. The van der Waals surface area contributed by atoms with E-state index in [-0.39, 0.29) is 5.91 Å². The first-order chi connectivity index (χ1) is 10.5. The normalized spacial score (nSPS) is 17.5. The molecule has 1 aromatic heterocycles. The number of aliphatic hydroxyl groups is 1. The molecule has 1 aromatic carbocycles. The topological polar surface area (TPSA) is 53.4 Å². The molecule has 2 heterocycles. The van der Waals surface area contributed by atoms with Crippen molar-refractivity contribution in [1.29, 1.82) is 0 Å². The summed E-state index contributed by atoms with van der Waals surface area (Å²) in [6.45, 7) is 2.93. The number of piperidine rings is 1. The first-order valence-corrected chi connectivity index (χ1v) is 8.43. The Labute approximate surface area is 138 Å². The highest BCUT2D eigenvalue weighted by Crippen LogP contribution is 2.33. The van der Waals surface area contributed by atoms with Crippen LogP contribution in [0.1, 0.15) is 33.9 Å². The Kier molecular flexibility index (Phi) is 4.21. The van der Waals surface area contributed by atoms with Crippen molar-refractivity contribution in [2.45, 2.75) is 25.4 Å². The molecule has 1 aliphatic heterocycles. The van der Waals surface area contributed by atoms with Crippen LogP contribution in [0.25, 0.3) is 0 Å². The lowest BCUT2D eigenvalue weighted by atomic mass is 9.84. The lowest BCUT2D eigenvalue weighted by Gasteiger charge is -2.38. The number of carbonyl (C=O) groups excluding carboxylic acids is 1. The number of benzene rings is 1. The van der Waals surface area contributed by atoms with E-state index in [0.29, 0.717) is 36.6 Å². The average molecular weight is 337 g/mol. The number of thiazole rings is 1. The van der Waals surface area contributed by atoms with Crippen molar-refractivity contribution in [3.63, 3.8) is 0 Å². The van der Waals surface area contributed by atoms with Gasteiger partial charge >= 0.3 is 0 Å². The molecule has 1 N–H and O–H groups in total. The van der Waals surface area contributed by atoms with Gasteiger partial charge in [-0.25, -0.2) is 4.98 Å². The molecule has 0 radical (unpaired) electrons. The maximum absolute atomic E-state index is 12.4. The van der Waals surface area contributed by atoms with Crippen LogP contribution in [-0.4, -0.2) is 34.0 Å². The van der Waals surface area contributed by atoms with Crippen LogP contribution in [-0.2, 0) is 5.60 Å². The predicted molar refractivity (Wildman–Crippen MR) is 87.3 cm³/mol. The highest BCUT2D eigenvalue weighted by molar-refractivity contribution is 7.09. The minimum absolute atomic E-state index is 0.0532. The molecular formula is C16H17ClN2O2S. The Hall–Kier alpha value is -1.43.